The first kappa shape index (κ1) is 25.2. The number of hydrogen-bond donors (Lipinski definition) is 0. The first-order valence-corrected chi connectivity index (χ1v) is 16.6. The van der Waals surface area contributed by atoms with Gasteiger partial charge in [-0.3, -0.25) is 4.57 Å². The molecule has 4 heterocycles. The number of thiophene rings is 1. The Morgan fingerprint density at radius 1 is 0.511 bits per heavy atom. The molecule has 0 fully saturated rings. The average molecular weight is 618 g/mol. The Hall–Kier alpha value is -6.04. The van der Waals surface area contributed by atoms with Crippen LogP contribution in [0.5, 0.6) is 0 Å². The van der Waals surface area contributed by atoms with Gasteiger partial charge >= 0.3 is 0 Å². The van der Waals surface area contributed by atoms with Gasteiger partial charge < -0.3 is 4.42 Å². The number of benzene rings is 7. The summed E-state index contributed by atoms with van der Waals surface area (Å²) in [5.74, 6) is 0.656. The highest BCUT2D eigenvalue weighted by atomic mass is 32.1. The van der Waals surface area contributed by atoms with Crippen molar-refractivity contribution in [2.75, 3.05) is 0 Å². The molecule has 218 valence electrons. The second-order valence-corrected chi connectivity index (χ2v) is 13.2. The van der Waals surface area contributed by atoms with Crippen molar-refractivity contribution in [1.29, 1.82) is 0 Å². The fraction of sp³-hybridized carbons (Fsp3) is 0. The van der Waals surface area contributed by atoms with Gasteiger partial charge in [0.25, 0.3) is 0 Å². The summed E-state index contributed by atoms with van der Waals surface area (Å²) in [7, 11) is 0. The average Bonchev–Trinajstić information content (AvgIpc) is 3.81. The van der Waals surface area contributed by atoms with Gasteiger partial charge in [0.05, 0.1) is 26.9 Å². The van der Waals surface area contributed by atoms with Crippen molar-refractivity contribution < 1.29 is 4.42 Å². The van der Waals surface area contributed by atoms with E-state index in [1.165, 1.54) is 41.7 Å². The van der Waals surface area contributed by atoms with Crippen LogP contribution in [0.15, 0.2) is 144 Å². The Morgan fingerprint density at radius 3 is 2.04 bits per heavy atom. The van der Waals surface area contributed by atoms with Crippen LogP contribution in [0, 0.1) is 0 Å². The summed E-state index contributed by atoms with van der Waals surface area (Å²) >= 11 is 1.85. The van der Waals surface area contributed by atoms with Crippen LogP contribution < -0.4 is 0 Å². The molecule has 0 amide bonds. The molecular weight excluding hydrogens is 595 g/mol. The minimum Gasteiger partial charge on any atom is -0.456 e. The second-order valence-electron chi connectivity index (χ2n) is 12.1. The maximum absolute atomic E-state index is 6.32. The minimum atomic E-state index is 0.656. The predicted octanol–water partition coefficient (Wildman–Crippen LogP) is 11.8. The maximum atomic E-state index is 6.32. The topological polar surface area (TPSA) is 43.9 Å². The van der Waals surface area contributed by atoms with E-state index in [4.69, 9.17) is 14.4 Å². The van der Waals surface area contributed by atoms with Crippen LogP contribution >= 0.6 is 11.3 Å². The molecule has 4 aromatic heterocycles. The smallest absolute Gasteiger partial charge is 0.235 e. The molecule has 0 atom stereocenters. The van der Waals surface area contributed by atoms with Gasteiger partial charge in [-0.1, -0.05) is 103 Å². The largest absolute Gasteiger partial charge is 0.456 e. The monoisotopic (exact) mass is 617 g/mol. The lowest BCUT2D eigenvalue weighted by atomic mass is 9.99. The van der Waals surface area contributed by atoms with Crippen LogP contribution in [-0.2, 0) is 0 Å². The van der Waals surface area contributed by atoms with Gasteiger partial charge in [0, 0.05) is 48.0 Å². The number of para-hydroxylation sites is 3. The molecule has 0 bridgehead atoms. The molecule has 0 aliphatic rings. The molecule has 4 nitrogen and oxygen atoms in total. The Kier molecular flexibility index (Phi) is 4.96. The third kappa shape index (κ3) is 3.41. The summed E-state index contributed by atoms with van der Waals surface area (Å²) in [5.41, 5.74) is 6.75. The van der Waals surface area contributed by atoms with Gasteiger partial charge in [0.15, 0.2) is 0 Å². The quantitative estimate of drug-likeness (QED) is 0.194. The van der Waals surface area contributed by atoms with E-state index < -0.39 is 0 Å². The summed E-state index contributed by atoms with van der Waals surface area (Å²) in [4.78, 5) is 10.7. The van der Waals surface area contributed by atoms with E-state index in [0.717, 1.165) is 55.1 Å². The highest BCUT2D eigenvalue weighted by Gasteiger charge is 2.23. The molecule has 0 unspecified atom stereocenters. The van der Waals surface area contributed by atoms with E-state index in [-0.39, 0.29) is 0 Å². The minimum absolute atomic E-state index is 0.656. The standard InChI is InChI=1S/C42H23N3OS/c1-2-13-28-27(12-1)37-30-15-4-8-18-33(30)45(40(37)41-38(28)31-16-6-10-20-36(31)47-41)42-43-32-17-7-3-14-29(32)39(44-42)24-21-22-26-25-11-5-9-19-34(25)46-35(26)23-24/h1-23H. The first-order chi connectivity index (χ1) is 23.3. The number of aromatic nitrogens is 3. The van der Waals surface area contributed by atoms with E-state index in [0.29, 0.717) is 5.95 Å². The van der Waals surface area contributed by atoms with Gasteiger partial charge in [-0.25, -0.2) is 9.97 Å². The number of nitrogens with zero attached hydrogens (tertiary/aromatic N) is 3. The summed E-state index contributed by atoms with van der Waals surface area (Å²) in [5, 5.41) is 10.7. The highest BCUT2D eigenvalue weighted by Crippen LogP contribution is 2.47. The molecule has 0 aliphatic carbocycles. The molecule has 7 aromatic carbocycles. The Morgan fingerprint density at radius 2 is 1.17 bits per heavy atom. The molecular formula is C42H23N3OS. The van der Waals surface area contributed by atoms with Gasteiger partial charge in [-0.2, -0.15) is 0 Å². The normalized spacial score (nSPS) is 12.3. The molecule has 0 aliphatic heterocycles. The van der Waals surface area contributed by atoms with Crippen LogP contribution in [0.3, 0.4) is 0 Å². The predicted molar refractivity (Wildman–Crippen MR) is 197 cm³/mol. The van der Waals surface area contributed by atoms with Crippen LogP contribution in [-0.4, -0.2) is 14.5 Å². The molecule has 0 radical (unpaired) electrons. The molecule has 47 heavy (non-hydrogen) atoms. The van der Waals surface area contributed by atoms with E-state index in [1.54, 1.807) is 0 Å². The SMILES string of the molecule is c1ccc2c(-c3ccc4c(c3)oc3ccccc34)nc(-n3c4ccccc4c4c5ccccc5c5c6ccccc6sc5c43)nc2c1. The summed E-state index contributed by atoms with van der Waals surface area (Å²) < 4.78 is 11.1. The summed E-state index contributed by atoms with van der Waals surface area (Å²) in [6.07, 6.45) is 0. The van der Waals surface area contributed by atoms with Crippen molar-refractivity contribution in [3.8, 4) is 17.2 Å². The Balaban J connectivity index is 1.30. The van der Waals surface area contributed by atoms with E-state index in [2.05, 4.69) is 132 Å². The Bertz CT molecular complexity index is 3090. The molecule has 0 saturated heterocycles. The lowest BCUT2D eigenvalue weighted by molar-refractivity contribution is 0.669. The molecule has 11 aromatic rings. The number of fused-ring (bicyclic) bond motifs is 14. The van der Waals surface area contributed by atoms with Crippen LogP contribution in [0.25, 0.3) is 103 Å². The third-order valence-corrected chi connectivity index (χ3v) is 10.8. The van der Waals surface area contributed by atoms with Crippen molar-refractivity contribution in [2.24, 2.45) is 0 Å². The van der Waals surface area contributed by atoms with Crippen molar-refractivity contribution in [1.82, 2.24) is 14.5 Å². The van der Waals surface area contributed by atoms with E-state index in [9.17, 15) is 0 Å². The lowest BCUT2D eigenvalue weighted by Gasteiger charge is -2.12. The zero-order valence-electron chi connectivity index (χ0n) is 24.9. The van der Waals surface area contributed by atoms with Crippen LogP contribution in [0.2, 0.25) is 0 Å². The zero-order chi connectivity index (χ0) is 30.6. The van der Waals surface area contributed by atoms with E-state index >= 15 is 0 Å². The fourth-order valence-corrected chi connectivity index (χ4v) is 8.85. The number of rotatable bonds is 2. The fourth-order valence-electron chi connectivity index (χ4n) is 7.59. The molecule has 11 rings (SSSR count). The van der Waals surface area contributed by atoms with Gasteiger partial charge in [-0.15, -0.1) is 11.3 Å². The van der Waals surface area contributed by atoms with Gasteiger partial charge in [0.2, 0.25) is 5.95 Å². The van der Waals surface area contributed by atoms with Gasteiger partial charge in [0.1, 0.15) is 11.2 Å². The second kappa shape index (κ2) is 9.25. The zero-order valence-corrected chi connectivity index (χ0v) is 25.8. The Labute approximate surface area is 271 Å². The lowest BCUT2D eigenvalue weighted by Crippen LogP contribution is -2.03. The van der Waals surface area contributed by atoms with Crippen LogP contribution in [0.1, 0.15) is 0 Å². The molecule has 0 saturated carbocycles. The highest BCUT2D eigenvalue weighted by molar-refractivity contribution is 7.27. The maximum Gasteiger partial charge on any atom is 0.235 e. The first-order valence-electron chi connectivity index (χ1n) is 15.8. The molecule has 5 heteroatoms. The van der Waals surface area contributed by atoms with Crippen molar-refractivity contribution in [3.05, 3.63) is 140 Å². The molecule has 0 N–H and O–H groups in total. The van der Waals surface area contributed by atoms with Crippen molar-refractivity contribution in [2.45, 2.75) is 0 Å². The summed E-state index contributed by atoms with van der Waals surface area (Å²) in [6, 6.07) is 49.2. The summed E-state index contributed by atoms with van der Waals surface area (Å²) in [6.45, 7) is 0. The molecule has 0 spiro atoms. The van der Waals surface area contributed by atoms with Crippen molar-refractivity contribution >= 4 is 96.9 Å². The van der Waals surface area contributed by atoms with E-state index in [1.807, 2.05) is 23.5 Å². The van der Waals surface area contributed by atoms with Crippen LogP contribution in [0.4, 0.5) is 0 Å². The third-order valence-electron chi connectivity index (χ3n) is 9.59. The van der Waals surface area contributed by atoms with Crippen molar-refractivity contribution in [3.63, 3.8) is 0 Å². The van der Waals surface area contributed by atoms with Gasteiger partial charge in [-0.05, 0) is 47.2 Å². The number of furan rings is 1. The number of hydrogen-bond acceptors (Lipinski definition) is 4.